The van der Waals surface area contributed by atoms with E-state index in [0.29, 0.717) is 18.6 Å². The van der Waals surface area contributed by atoms with Crippen LogP contribution in [0.1, 0.15) is 12.8 Å². The maximum absolute atomic E-state index is 10.5. The molecule has 0 aromatic heterocycles. The summed E-state index contributed by atoms with van der Waals surface area (Å²) < 4.78 is 10.4. The molecule has 1 fully saturated rings. The van der Waals surface area contributed by atoms with Crippen LogP contribution >= 0.6 is 0 Å². The van der Waals surface area contributed by atoms with Gasteiger partial charge in [0.25, 0.3) is 5.69 Å². The highest BCUT2D eigenvalue weighted by molar-refractivity contribution is 5.36. The average molecular weight is 255 g/mol. The predicted octanol–water partition coefficient (Wildman–Crippen LogP) is 0.789. The summed E-state index contributed by atoms with van der Waals surface area (Å²) in [5.41, 5.74) is -0.0256. The minimum atomic E-state index is -1.26. The zero-order valence-corrected chi connectivity index (χ0v) is 9.43. The first kappa shape index (κ1) is 12.7. The lowest BCUT2D eigenvalue weighted by atomic mass is 10.1. The van der Waals surface area contributed by atoms with Gasteiger partial charge >= 0.3 is 0 Å². The van der Waals surface area contributed by atoms with Gasteiger partial charge in [-0.3, -0.25) is 10.1 Å². The van der Waals surface area contributed by atoms with Crippen LogP contribution in [0.5, 0.6) is 5.75 Å². The summed E-state index contributed by atoms with van der Waals surface area (Å²) in [6.45, 7) is 0. The number of nitro groups is 1. The van der Waals surface area contributed by atoms with Gasteiger partial charge in [0, 0.05) is 18.6 Å². The molecule has 0 amide bonds. The number of aliphatic hydroxyl groups excluding tert-OH is 2. The van der Waals surface area contributed by atoms with Gasteiger partial charge in [-0.05, 0) is 18.6 Å². The van der Waals surface area contributed by atoms with Crippen LogP contribution in [0.15, 0.2) is 24.3 Å². The van der Waals surface area contributed by atoms with Crippen LogP contribution in [-0.2, 0) is 4.74 Å². The number of nitro benzene ring substituents is 1. The summed E-state index contributed by atoms with van der Waals surface area (Å²) in [4.78, 5) is 9.96. The molecule has 1 saturated heterocycles. The highest BCUT2D eigenvalue weighted by atomic mass is 16.7. The molecule has 2 N–H and O–H groups in total. The molecule has 0 unspecified atom stereocenters. The van der Waals surface area contributed by atoms with E-state index >= 15 is 0 Å². The maximum Gasteiger partial charge on any atom is 0.269 e. The number of aliphatic hydroxyl groups is 2. The number of hydrogen-bond acceptors (Lipinski definition) is 6. The van der Waals surface area contributed by atoms with Crippen molar-refractivity contribution in [2.75, 3.05) is 0 Å². The molecule has 7 nitrogen and oxygen atoms in total. The molecule has 0 bridgehead atoms. The molecule has 2 rings (SSSR count). The molecule has 0 radical (unpaired) electrons. The number of benzene rings is 1. The van der Waals surface area contributed by atoms with E-state index in [1.165, 1.54) is 24.3 Å². The van der Waals surface area contributed by atoms with Crippen LogP contribution in [0.25, 0.3) is 0 Å². The molecule has 1 aliphatic rings. The van der Waals surface area contributed by atoms with E-state index in [0.717, 1.165) is 0 Å². The van der Waals surface area contributed by atoms with Crippen LogP contribution in [0, 0.1) is 10.1 Å². The minimum Gasteiger partial charge on any atom is -0.465 e. The smallest absolute Gasteiger partial charge is 0.269 e. The first-order valence-corrected chi connectivity index (χ1v) is 5.49. The molecule has 1 aliphatic heterocycles. The van der Waals surface area contributed by atoms with E-state index in [2.05, 4.69) is 0 Å². The first-order valence-electron chi connectivity index (χ1n) is 5.49. The number of rotatable bonds is 3. The van der Waals surface area contributed by atoms with Crippen molar-refractivity contribution in [2.24, 2.45) is 0 Å². The minimum absolute atomic E-state index is 0.0256. The molecule has 3 atom stereocenters. The van der Waals surface area contributed by atoms with Crippen molar-refractivity contribution in [1.82, 2.24) is 0 Å². The summed E-state index contributed by atoms with van der Waals surface area (Å²) in [7, 11) is 0. The lowest BCUT2D eigenvalue weighted by Gasteiger charge is -2.30. The largest absolute Gasteiger partial charge is 0.465 e. The molecule has 0 spiro atoms. The molecule has 1 aromatic carbocycles. The van der Waals surface area contributed by atoms with Gasteiger partial charge in [-0.1, -0.05) is 0 Å². The second-order valence-electron chi connectivity index (χ2n) is 3.97. The van der Waals surface area contributed by atoms with Gasteiger partial charge in [-0.2, -0.15) is 0 Å². The zero-order chi connectivity index (χ0) is 13.1. The van der Waals surface area contributed by atoms with Gasteiger partial charge in [0.1, 0.15) is 11.9 Å². The number of nitrogens with zero attached hydrogens (tertiary/aromatic N) is 1. The van der Waals surface area contributed by atoms with Gasteiger partial charge in [0.2, 0.25) is 6.29 Å². The van der Waals surface area contributed by atoms with Gasteiger partial charge in [0.05, 0.1) is 4.92 Å². The molecular weight excluding hydrogens is 242 g/mol. The standard InChI is InChI=1S/C11H13NO6/c13-9-5-6-10(18-11(9)14)17-8-3-1-7(2-4-8)12(15)16/h1-4,9-11,13-14H,5-6H2/t9-,10-,11-/m0/s1. The van der Waals surface area contributed by atoms with Gasteiger partial charge in [0.15, 0.2) is 6.29 Å². The van der Waals surface area contributed by atoms with Crippen LogP contribution < -0.4 is 4.74 Å². The van der Waals surface area contributed by atoms with Crippen LogP contribution in [0.2, 0.25) is 0 Å². The Morgan fingerprint density at radius 2 is 1.94 bits per heavy atom. The fourth-order valence-corrected chi connectivity index (χ4v) is 1.65. The van der Waals surface area contributed by atoms with Crippen molar-refractivity contribution >= 4 is 5.69 Å². The van der Waals surface area contributed by atoms with Crippen molar-refractivity contribution in [3.05, 3.63) is 34.4 Å². The lowest BCUT2D eigenvalue weighted by molar-refractivity contribution is -0.384. The second kappa shape index (κ2) is 5.30. The highest BCUT2D eigenvalue weighted by Crippen LogP contribution is 2.23. The molecule has 0 saturated carbocycles. The van der Waals surface area contributed by atoms with Crippen LogP contribution in [-0.4, -0.2) is 33.8 Å². The number of hydrogen-bond donors (Lipinski definition) is 2. The summed E-state index contributed by atoms with van der Waals surface area (Å²) in [5.74, 6) is 0.411. The second-order valence-corrected chi connectivity index (χ2v) is 3.97. The molecule has 1 aromatic rings. The monoisotopic (exact) mass is 255 g/mol. The maximum atomic E-state index is 10.5. The van der Waals surface area contributed by atoms with Crippen LogP contribution in [0.3, 0.4) is 0 Å². The summed E-state index contributed by atoms with van der Waals surface area (Å²) >= 11 is 0. The third kappa shape index (κ3) is 2.95. The Morgan fingerprint density at radius 3 is 2.50 bits per heavy atom. The normalized spacial score (nSPS) is 27.8. The van der Waals surface area contributed by atoms with E-state index in [1.54, 1.807) is 0 Å². The zero-order valence-electron chi connectivity index (χ0n) is 9.43. The Hall–Kier alpha value is -1.70. The van der Waals surface area contributed by atoms with E-state index in [4.69, 9.17) is 9.47 Å². The molecular formula is C11H13NO6. The SMILES string of the molecule is O=[N+]([O-])c1ccc(O[C@@H]2CC[C@H](O)[C@@H](O)O2)cc1. The van der Waals surface area contributed by atoms with Crippen molar-refractivity contribution in [2.45, 2.75) is 31.5 Å². The fraction of sp³-hybridized carbons (Fsp3) is 0.455. The Kier molecular flexibility index (Phi) is 3.75. The van der Waals surface area contributed by atoms with Crippen molar-refractivity contribution < 1.29 is 24.6 Å². The fourth-order valence-electron chi connectivity index (χ4n) is 1.65. The van der Waals surface area contributed by atoms with Gasteiger partial charge in [-0.25, -0.2) is 0 Å². The topological polar surface area (TPSA) is 102 Å². The first-order chi connectivity index (χ1) is 8.56. The Bertz CT molecular complexity index is 420. The Labute approximate surface area is 103 Å². The van der Waals surface area contributed by atoms with Crippen LogP contribution in [0.4, 0.5) is 5.69 Å². The Balaban J connectivity index is 1.95. The molecule has 18 heavy (non-hydrogen) atoms. The van der Waals surface area contributed by atoms with E-state index in [9.17, 15) is 20.3 Å². The Morgan fingerprint density at radius 1 is 1.28 bits per heavy atom. The quantitative estimate of drug-likeness (QED) is 0.611. The number of ether oxygens (including phenoxy) is 2. The van der Waals surface area contributed by atoms with Crippen molar-refractivity contribution in [3.8, 4) is 5.75 Å². The van der Waals surface area contributed by atoms with E-state index in [1.807, 2.05) is 0 Å². The van der Waals surface area contributed by atoms with E-state index < -0.39 is 23.6 Å². The summed E-state index contributed by atoms with van der Waals surface area (Å²) in [6, 6.07) is 5.56. The van der Waals surface area contributed by atoms with E-state index in [-0.39, 0.29) is 5.69 Å². The third-order valence-corrected chi connectivity index (χ3v) is 2.63. The average Bonchev–Trinajstić information content (AvgIpc) is 2.34. The summed E-state index contributed by atoms with van der Waals surface area (Å²) in [6.07, 6.45) is -2.01. The summed E-state index contributed by atoms with van der Waals surface area (Å²) in [5, 5.41) is 29.0. The van der Waals surface area contributed by atoms with Gasteiger partial charge < -0.3 is 19.7 Å². The molecule has 0 aliphatic carbocycles. The molecule has 7 heteroatoms. The van der Waals surface area contributed by atoms with Crippen molar-refractivity contribution in [3.63, 3.8) is 0 Å². The highest BCUT2D eigenvalue weighted by Gasteiger charge is 2.29. The van der Waals surface area contributed by atoms with Gasteiger partial charge in [-0.15, -0.1) is 0 Å². The third-order valence-electron chi connectivity index (χ3n) is 2.63. The lowest BCUT2D eigenvalue weighted by Crippen LogP contribution is -2.40. The molecule has 1 heterocycles. The molecule has 98 valence electrons. The number of non-ortho nitro benzene ring substituents is 1. The van der Waals surface area contributed by atoms with Crippen molar-refractivity contribution in [1.29, 1.82) is 0 Å². The predicted molar refractivity (Wildman–Crippen MR) is 59.8 cm³/mol.